The highest BCUT2D eigenvalue weighted by Gasteiger charge is 2.23. The Hall–Kier alpha value is -2.91. The van der Waals surface area contributed by atoms with Gasteiger partial charge in [0.25, 0.3) is 0 Å². The van der Waals surface area contributed by atoms with Gasteiger partial charge < -0.3 is 9.47 Å². The molecule has 2 aromatic carbocycles. The van der Waals surface area contributed by atoms with Gasteiger partial charge in [0.2, 0.25) is 0 Å². The van der Waals surface area contributed by atoms with Gasteiger partial charge in [-0.2, -0.15) is 0 Å². The van der Waals surface area contributed by atoms with Gasteiger partial charge in [-0.3, -0.25) is 4.98 Å². The lowest BCUT2D eigenvalue weighted by Gasteiger charge is -2.24. The Morgan fingerprint density at radius 3 is 2.63 bits per heavy atom. The number of aryl methyl sites for hydroxylation is 1. The first-order valence-electron chi connectivity index (χ1n) is 9.53. The number of hydrogen-bond donors (Lipinski definition) is 0. The van der Waals surface area contributed by atoms with Crippen LogP contribution in [0.5, 0.6) is 0 Å². The normalized spacial score (nSPS) is 14.4. The Morgan fingerprint density at radius 2 is 1.78 bits per heavy atom. The van der Waals surface area contributed by atoms with Crippen LogP contribution in [0, 0.1) is 6.92 Å². The van der Waals surface area contributed by atoms with E-state index < -0.39 is 0 Å². The molecule has 0 radical (unpaired) electrons. The van der Waals surface area contributed by atoms with Gasteiger partial charge in [-0.05, 0) is 73.5 Å². The molecule has 0 unspecified atom stereocenters. The second kappa shape index (κ2) is 6.36. The fourth-order valence-electron chi connectivity index (χ4n) is 4.27. The van der Waals surface area contributed by atoms with Crippen molar-refractivity contribution in [3.05, 3.63) is 83.8 Å². The van der Waals surface area contributed by atoms with E-state index in [9.17, 15) is 0 Å². The smallest absolute Gasteiger partial charge is 0.0535 e. The highest BCUT2D eigenvalue weighted by molar-refractivity contribution is 5.88. The molecule has 0 N–H and O–H groups in total. The third-order valence-corrected chi connectivity index (χ3v) is 5.62. The number of likely N-dealkylation sites (N-methyl/N-ethyl adjacent to an activating group) is 1. The van der Waals surface area contributed by atoms with E-state index in [-0.39, 0.29) is 0 Å². The molecule has 5 rings (SSSR count). The number of fused-ring (bicyclic) bond motifs is 3. The number of pyridine rings is 1. The first kappa shape index (κ1) is 16.3. The van der Waals surface area contributed by atoms with E-state index in [1.807, 2.05) is 12.4 Å². The first-order valence-corrected chi connectivity index (χ1v) is 9.53. The summed E-state index contributed by atoms with van der Waals surface area (Å²) in [7, 11) is 2.21. The van der Waals surface area contributed by atoms with Crippen molar-refractivity contribution in [3.63, 3.8) is 0 Å². The lowest BCUT2D eigenvalue weighted by atomic mass is 10.0. The lowest BCUT2D eigenvalue weighted by molar-refractivity contribution is 0.307. The number of nitrogens with zero attached hydrogens (tertiary/aromatic N) is 3. The zero-order valence-electron chi connectivity index (χ0n) is 15.8. The molecular formula is C24H23N3. The Balaban J connectivity index is 1.75. The molecule has 1 aliphatic heterocycles. The fraction of sp³-hybridized carbons (Fsp3) is 0.208. The minimum atomic E-state index is 0.989. The van der Waals surface area contributed by atoms with Crippen molar-refractivity contribution in [3.8, 4) is 16.8 Å². The summed E-state index contributed by atoms with van der Waals surface area (Å²) < 4.78 is 2.46. The summed E-state index contributed by atoms with van der Waals surface area (Å²) in [4.78, 5) is 6.56. The molecular weight excluding hydrogens is 330 g/mol. The van der Waals surface area contributed by atoms with Crippen LogP contribution in [0.4, 0.5) is 0 Å². The minimum absolute atomic E-state index is 0.989. The molecule has 1 aliphatic rings. The van der Waals surface area contributed by atoms with Gasteiger partial charge in [0.05, 0.1) is 5.52 Å². The summed E-state index contributed by atoms with van der Waals surface area (Å²) in [6, 6.07) is 19.8. The van der Waals surface area contributed by atoms with Crippen LogP contribution < -0.4 is 0 Å². The van der Waals surface area contributed by atoms with Crippen molar-refractivity contribution in [1.82, 2.24) is 14.5 Å². The molecule has 3 heteroatoms. The second-order valence-electron chi connectivity index (χ2n) is 7.56. The maximum Gasteiger partial charge on any atom is 0.0535 e. The van der Waals surface area contributed by atoms with Crippen LogP contribution in [0.3, 0.4) is 0 Å². The van der Waals surface area contributed by atoms with Crippen LogP contribution in [0.2, 0.25) is 0 Å². The molecule has 3 heterocycles. The highest BCUT2D eigenvalue weighted by atomic mass is 15.1. The van der Waals surface area contributed by atoms with Crippen molar-refractivity contribution < 1.29 is 0 Å². The average molecular weight is 353 g/mol. The Kier molecular flexibility index (Phi) is 3.83. The largest absolute Gasteiger partial charge is 0.312 e. The van der Waals surface area contributed by atoms with E-state index in [0.717, 1.165) is 19.5 Å². The van der Waals surface area contributed by atoms with Gasteiger partial charge in [0.15, 0.2) is 0 Å². The first-order chi connectivity index (χ1) is 13.2. The van der Waals surface area contributed by atoms with E-state index in [1.165, 1.54) is 44.5 Å². The molecule has 3 nitrogen and oxygen atoms in total. The third-order valence-electron chi connectivity index (χ3n) is 5.62. The van der Waals surface area contributed by atoms with Crippen molar-refractivity contribution in [2.24, 2.45) is 0 Å². The van der Waals surface area contributed by atoms with E-state index in [2.05, 4.69) is 83.0 Å². The summed E-state index contributed by atoms with van der Waals surface area (Å²) >= 11 is 0. The Bertz CT molecular complexity index is 1130. The summed E-state index contributed by atoms with van der Waals surface area (Å²) in [6.07, 6.45) is 4.82. The third kappa shape index (κ3) is 2.75. The maximum atomic E-state index is 4.15. The zero-order valence-corrected chi connectivity index (χ0v) is 15.8. The van der Waals surface area contributed by atoms with Crippen molar-refractivity contribution in [2.45, 2.75) is 19.9 Å². The molecule has 0 fully saturated rings. The predicted molar refractivity (Wildman–Crippen MR) is 111 cm³/mol. The van der Waals surface area contributed by atoms with Crippen LogP contribution in [-0.2, 0) is 13.0 Å². The van der Waals surface area contributed by atoms with Gasteiger partial charge in [0, 0.05) is 42.3 Å². The molecule has 0 aliphatic carbocycles. The Morgan fingerprint density at radius 1 is 0.926 bits per heavy atom. The molecule has 134 valence electrons. The molecule has 0 bridgehead atoms. The van der Waals surface area contributed by atoms with Crippen LogP contribution in [-0.4, -0.2) is 28.0 Å². The van der Waals surface area contributed by atoms with Crippen LogP contribution in [0.25, 0.3) is 27.7 Å². The topological polar surface area (TPSA) is 21.1 Å². The molecule has 0 spiro atoms. The van der Waals surface area contributed by atoms with Gasteiger partial charge in [-0.1, -0.05) is 23.8 Å². The van der Waals surface area contributed by atoms with Crippen molar-refractivity contribution >= 4 is 10.9 Å². The zero-order chi connectivity index (χ0) is 18.4. The summed E-state index contributed by atoms with van der Waals surface area (Å²) in [5.41, 5.74) is 9.23. The van der Waals surface area contributed by atoms with E-state index in [0.29, 0.717) is 0 Å². The van der Waals surface area contributed by atoms with Crippen molar-refractivity contribution in [1.29, 1.82) is 0 Å². The number of hydrogen-bond acceptors (Lipinski definition) is 2. The monoisotopic (exact) mass is 353 g/mol. The van der Waals surface area contributed by atoms with E-state index in [1.54, 1.807) is 0 Å². The molecule has 27 heavy (non-hydrogen) atoms. The number of benzene rings is 2. The quantitative estimate of drug-likeness (QED) is 0.506. The average Bonchev–Trinajstić information content (AvgIpc) is 3.01. The second-order valence-corrected chi connectivity index (χ2v) is 7.56. The van der Waals surface area contributed by atoms with Gasteiger partial charge in [-0.15, -0.1) is 0 Å². The predicted octanol–water partition coefficient (Wildman–Crippen LogP) is 4.99. The van der Waals surface area contributed by atoms with Crippen LogP contribution in [0.1, 0.15) is 16.8 Å². The van der Waals surface area contributed by atoms with Crippen LogP contribution >= 0.6 is 0 Å². The summed E-state index contributed by atoms with van der Waals surface area (Å²) in [5.74, 6) is 0. The highest BCUT2D eigenvalue weighted by Crippen LogP contribution is 2.34. The van der Waals surface area contributed by atoms with Crippen LogP contribution in [0.15, 0.2) is 67.0 Å². The minimum Gasteiger partial charge on any atom is -0.312 e. The molecule has 4 aromatic rings. The standard InChI is InChI=1S/C24H23N3/c1-17-6-7-23-22(14-17)21-10-13-26(2)16-24(21)27(23)20-5-3-4-19(15-20)18-8-11-25-12-9-18/h3-9,11-12,14-15H,10,13,16H2,1-2H3. The van der Waals surface area contributed by atoms with Gasteiger partial charge >= 0.3 is 0 Å². The summed E-state index contributed by atoms with van der Waals surface area (Å²) in [5, 5.41) is 1.41. The molecule has 0 saturated carbocycles. The molecule has 0 amide bonds. The lowest BCUT2D eigenvalue weighted by Crippen LogP contribution is -2.27. The van der Waals surface area contributed by atoms with E-state index in [4.69, 9.17) is 0 Å². The molecule has 2 aromatic heterocycles. The van der Waals surface area contributed by atoms with Gasteiger partial charge in [0.1, 0.15) is 0 Å². The van der Waals surface area contributed by atoms with Crippen molar-refractivity contribution in [2.75, 3.05) is 13.6 Å². The molecule has 0 atom stereocenters. The fourth-order valence-corrected chi connectivity index (χ4v) is 4.27. The summed E-state index contributed by atoms with van der Waals surface area (Å²) in [6.45, 7) is 4.29. The SMILES string of the molecule is Cc1ccc2c(c1)c1c(n2-c2cccc(-c3ccncc3)c2)CN(C)CC1. The number of rotatable bonds is 2. The molecule has 0 saturated heterocycles. The van der Waals surface area contributed by atoms with Gasteiger partial charge in [-0.25, -0.2) is 0 Å². The Labute approximate surface area is 159 Å². The van der Waals surface area contributed by atoms with E-state index >= 15 is 0 Å². The number of aromatic nitrogens is 2. The maximum absolute atomic E-state index is 4.15.